The van der Waals surface area contributed by atoms with Gasteiger partial charge in [-0.2, -0.15) is 5.10 Å². The molecule has 0 radical (unpaired) electrons. The zero-order valence-corrected chi connectivity index (χ0v) is 18.3. The molecule has 2 aromatic carbocycles. The first-order valence-corrected chi connectivity index (χ1v) is 10.4. The van der Waals surface area contributed by atoms with Crippen molar-refractivity contribution in [1.82, 2.24) is 9.78 Å². The molecule has 158 valence electrons. The maximum Gasteiger partial charge on any atom is 0.292 e. The molecule has 0 saturated carbocycles. The number of carbonyl (C=O) groups is 1. The van der Waals surface area contributed by atoms with Crippen LogP contribution in [0.1, 0.15) is 21.9 Å². The van der Waals surface area contributed by atoms with Crippen molar-refractivity contribution in [2.24, 2.45) is 0 Å². The summed E-state index contributed by atoms with van der Waals surface area (Å²) in [4.78, 5) is 12.5. The number of ether oxygens (including phenoxy) is 1. The fraction of sp³-hybridized carbons (Fsp3) is 0.0909. The van der Waals surface area contributed by atoms with Crippen molar-refractivity contribution in [2.45, 2.75) is 13.2 Å². The van der Waals surface area contributed by atoms with E-state index >= 15 is 0 Å². The number of amides is 1. The second kappa shape index (κ2) is 9.47. The van der Waals surface area contributed by atoms with E-state index in [4.69, 9.17) is 44.0 Å². The van der Waals surface area contributed by atoms with Crippen LogP contribution in [-0.2, 0) is 13.2 Å². The molecular weight excluding hydrogens is 461 g/mol. The molecule has 0 aliphatic rings. The smallest absolute Gasteiger partial charge is 0.292 e. The van der Waals surface area contributed by atoms with Crippen LogP contribution in [0.25, 0.3) is 0 Å². The Balaban J connectivity index is 1.33. The van der Waals surface area contributed by atoms with Crippen LogP contribution in [0, 0.1) is 0 Å². The average Bonchev–Trinajstić information content (AvgIpc) is 3.39. The molecule has 2 heterocycles. The van der Waals surface area contributed by atoms with E-state index in [1.54, 1.807) is 47.3 Å². The molecule has 31 heavy (non-hydrogen) atoms. The van der Waals surface area contributed by atoms with E-state index in [2.05, 4.69) is 10.4 Å². The molecule has 0 aliphatic carbocycles. The number of anilines is 1. The van der Waals surface area contributed by atoms with Crippen molar-refractivity contribution in [1.29, 1.82) is 0 Å². The first-order valence-electron chi connectivity index (χ1n) is 9.22. The number of furan rings is 1. The summed E-state index contributed by atoms with van der Waals surface area (Å²) in [5.41, 5.74) is 1.04. The Kier molecular flexibility index (Phi) is 6.51. The van der Waals surface area contributed by atoms with E-state index in [-0.39, 0.29) is 12.4 Å². The van der Waals surface area contributed by atoms with Gasteiger partial charge in [-0.15, -0.1) is 0 Å². The zero-order valence-electron chi connectivity index (χ0n) is 16.0. The van der Waals surface area contributed by atoms with Crippen LogP contribution in [0.4, 0.5) is 5.82 Å². The van der Waals surface area contributed by atoms with Crippen LogP contribution in [0.3, 0.4) is 0 Å². The summed E-state index contributed by atoms with van der Waals surface area (Å²) >= 11 is 17.9. The van der Waals surface area contributed by atoms with Gasteiger partial charge in [0.25, 0.3) is 5.91 Å². The molecule has 0 aliphatic heterocycles. The Morgan fingerprint density at radius 1 is 1.00 bits per heavy atom. The highest BCUT2D eigenvalue weighted by Gasteiger charge is 2.14. The lowest BCUT2D eigenvalue weighted by molar-refractivity contribution is 0.0992. The van der Waals surface area contributed by atoms with Gasteiger partial charge in [0.1, 0.15) is 18.1 Å². The molecule has 4 rings (SSSR count). The van der Waals surface area contributed by atoms with Crippen molar-refractivity contribution >= 4 is 46.5 Å². The van der Waals surface area contributed by atoms with Crippen molar-refractivity contribution in [2.75, 3.05) is 5.32 Å². The van der Waals surface area contributed by atoms with Gasteiger partial charge in [0.2, 0.25) is 0 Å². The predicted molar refractivity (Wildman–Crippen MR) is 120 cm³/mol. The van der Waals surface area contributed by atoms with Crippen molar-refractivity contribution in [3.63, 3.8) is 0 Å². The number of hydrogen-bond donors (Lipinski definition) is 1. The van der Waals surface area contributed by atoms with Crippen LogP contribution >= 0.6 is 34.8 Å². The molecule has 1 N–H and O–H groups in total. The Labute approximate surface area is 193 Å². The van der Waals surface area contributed by atoms with Gasteiger partial charge in [-0.25, -0.2) is 0 Å². The lowest BCUT2D eigenvalue weighted by Gasteiger charge is -2.06. The minimum absolute atomic E-state index is 0.115. The largest absolute Gasteiger partial charge is 0.484 e. The highest BCUT2D eigenvalue weighted by Crippen LogP contribution is 2.28. The number of nitrogens with zero attached hydrogens (tertiary/aromatic N) is 2. The standard InChI is InChI=1S/C22H16Cl3N3O3/c23-15-3-1-14(2-4-15)12-28-10-9-21(27-28)26-22(29)20-8-6-17(31-20)13-30-19-7-5-16(24)11-18(19)25/h1-11H,12-13H2,(H,26,27,29). The van der Waals surface area contributed by atoms with Crippen molar-refractivity contribution in [3.8, 4) is 5.75 Å². The molecule has 0 spiro atoms. The van der Waals surface area contributed by atoms with Gasteiger partial charge >= 0.3 is 0 Å². The molecule has 0 unspecified atom stereocenters. The van der Waals surface area contributed by atoms with Gasteiger partial charge < -0.3 is 14.5 Å². The summed E-state index contributed by atoms with van der Waals surface area (Å²) in [7, 11) is 0. The van der Waals surface area contributed by atoms with E-state index in [9.17, 15) is 4.79 Å². The molecule has 9 heteroatoms. The summed E-state index contributed by atoms with van der Waals surface area (Å²) in [6.07, 6.45) is 1.78. The van der Waals surface area contributed by atoms with Crippen LogP contribution < -0.4 is 10.1 Å². The molecule has 0 atom stereocenters. The first kappa shape index (κ1) is 21.3. The fourth-order valence-corrected chi connectivity index (χ4v) is 3.38. The van der Waals surface area contributed by atoms with Gasteiger partial charge in [0.05, 0.1) is 11.6 Å². The highest BCUT2D eigenvalue weighted by atomic mass is 35.5. The van der Waals surface area contributed by atoms with Gasteiger partial charge in [-0.1, -0.05) is 46.9 Å². The number of rotatable bonds is 7. The normalized spacial score (nSPS) is 10.8. The Morgan fingerprint density at radius 2 is 1.77 bits per heavy atom. The second-order valence-electron chi connectivity index (χ2n) is 6.61. The molecule has 1 amide bonds. The first-order chi connectivity index (χ1) is 15.0. The van der Waals surface area contributed by atoms with E-state index in [0.29, 0.717) is 38.9 Å². The van der Waals surface area contributed by atoms with Crippen LogP contribution in [-0.4, -0.2) is 15.7 Å². The van der Waals surface area contributed by atoms with Crippen LogP contribution in [0.2, 0.25) is 15.1 Å². The number of nitrogens with one attached hydrogen (secondary N) is 1. The Morgan fingerprint density at radius 3 is 2.55 bits per heavy atom. The summed E-state index contributed by atoms with van der Waals surface area (Å²) in [6.45, 7) is 0.673. The molecule has 0 bridgehead atoms. The van der Waals surface area contributed by atoms with Gasteiger partial charge in [-0.05, 0) is 48.0 Å². The third kappa shape index (κ3) is 5.61. The number of carbonyl (C=O) groups excluding carboxylic acids is 1. The summed E-state index contributed by atoms with van der Waals surface area (Å²) in [6, 6.07) is 17.4. The van der Waals surface area contributed by atoms with Crippen molar-refractivity contribution in [3.05, 3.63) is 99.0 Å². The van der Waals surface area contributed by atoms with E-state index in [1.807, 2.05) is 24.3 Å². The molecule has 6 nitrogen and oxygen atoms in total. The lowest BCUT2D eigenvalue weighted by atomic mass is 10.2. The van der Waals surface area contributed by atoms with Gasteiger partial charge in [-0.3, -0.25) is 9.48 Å². The zero-order chi connectivity index (χ0) is 21.8. The third-order valence-electron chi connectivity index (χ3n) is 4.29. The van der Waals surface area contributed by atoms with E-state index in [1.165, 1.54) is 0 Å². The summed E-state index contributed by atoms with van der Waals surface area (Å²) < 4.78 is 12.9. The SMILES string of the molecule is O=C(Nc1ccn(Cc2ccc(Cl)cc2)n1)c1ccc(COc2ccc(Cl)cc2Cl)o1. The molecular formula is C22H16Cl3N3O3. The van der Waals surface area contributed by atoms with E-state index < -0.39 is 5.91 Å². The Hall–Kier alpha value is -2.93. The lowest BCUT2D eigenvalue weighted by Crippen LogP contribution is -2.12. The molecule has 0 fully saturated rings. The summed E-state index contributed by atoms with van der Waals surface area (Å²) in [5.74, 6) is 1.10. The molecule has 4 aromatic rings. The summed E-state index contributed by atoms with van der Waals surface area (Å²) in [5, 5.41) is 8.66. The Bertz CT molecular complexity index is 1200. The van der Waals surface area contributed by atoms with Crippen molar-refractivity contribution < 1.29 is 13.9 Å². The number of aromatic nitrogens is 2. The highest BCUT2D eigenvalue weighted by molar-refractivity contribution is 6.35. The fourth-order valence-electron chi connectivity index (χ4n) is 2.79. The predicted octanol–water partition coefficient (Wildman–Crippen LogP) is 6.32. The molecule has 2 aromatic heterocycles. The maximum atomic E-state index is 12.5. The van der Waals surface area contributed by atoms with Crippen LogP contribution in [0.5, 0.6) is 5.75 Å². The van der Waals surface area contributed by atoms with E-state index in [0.717, 1.165) is 5.56 Å². The number of hydrogen-bond acceptors (Lipinski definition) is 4. The topological polar surface area (TPSA) is 69.3 Å². The maximum absolute atomic E-state index is 12.5. The quantitative estimate of drug-likeness (QED) is 0.339. The van der Waals surface area contributed by atoms with Gasteiger partial charge in [0.15, 0.2) is 11.6 Å². The minimum atomic E-state index is -0.410. The minimum Gasteiger partial charge on any atom is -0.484 e. The monoisotopic (exact) mass is 475 g/mol. The second-order valence-corrected chi connectivity index (χ2v) is 7.89. The number of benzene rings is 2. The number of halogens is 3. The average molecular weight is 477 g/mol. The third-order valence-corrected chi connectivity index (χ3v) is 5.07. The van der Waals surface area contributed by atoms with Gasteiger partial charge in [0, 0.05) is 22.3 Å². The molecule has 0 saturated heterocycles. The van der Waals surface area contributed by atoms with Crippen LogP contribution in [0.15, 0.2) is 71.3 Å².